The molecule has 2 aliphatic carbocycles. The third kappa shape index (κ3) is 2.33. The van der Waals surface area contributed by atoms with Crippen LogP contribution in [0.1, 0.15) is 44.9 Å². The van der Waals surface area contributed by atoms with Gasteiger partial charge < -0.3 is 15.7 Å². The molecule has 0 unspecified atom stereocenters. The van der Waals surface area contributed by atoms with E-state index in [0.717, 1.165) is 32.1 Å². The van der Waals surface area contributed by atoms with Crippen molar-refractivity contribution in [2.24, 2.45) is 11.1 Å². The average Bonchev–Trinajstić information content (AvgIpc) is 2.78. The summed E-state index contributed by atoms with van der Waals surface area (Å²) >= 11 is 0. The van der Waals surface area contributed by atoms with Gasteiger partial charge in [0.15, 0.2) is 0 Å². The average molecular weight is 240 g/mol. The molecule has 4 heteroatoms. The number of carbonyl (C=O) groups is 1. The molecule has 17 heavy (non-hydrogen) atoms. The first-order valence-electron chi connectivity index (χ1n) is 6.85. The van der Waals surface area contributed by atoms with E-state index in [0.29, 0.717) is 19.1 Å². The predicted octanol–water partition coefficient (Wildman–Crippen LogP) is 0.879. The highest BCUT2D eigenvalue weighted by Crippen LogP contribution is 2.42. The molecule has 0 aromatic rings. The van der Waals surface area contributed by atoms with Crippen LogP contribution in [0, 0.1) is 5.41 Å². The molecule has 0 radical (unpaired) electrons. The molecule has 0 aromatic heterocycles. The van der Waals surface area contributed by atoms with Gasteiger partial charge in [0, 0.05) is 19.1 Å². The fourth-order valence-electron chi connectivity index (χ4n) is 3.19. The van der Waals surface area contributed by atoms with Crippen molar-refractivity contribution in [1.29, 1.82) is 0 Å². The van der Waals surface area contributed by atoms with E-state index in [1.807, 2.05) is 4.90 Å². The standard InChI is InChI=1S/C13H24N2O2/c14-10-13(6-3-7-13)12(17)15(8-9-16)11-4-1-2-5-11/h11,16H,1-10,14H2. The van der Waals surface area contributed by atoms with Crippen LogP contribution in [0.15, 0.2) is 0 Å². The van der Waals surface area contributed by atoms with Crippen LogP contribution in [0.2, 0.25) is 0 Å². The summed E-state index contributed by atoms with van der Waals surface area (Å²) in [5.74, 6) is 0.201. The minimum absolute atomic E-state index is 0.0584. The fraction of sp³-hybridized carbons (Fsp3) is 0.923. The third-order valence-corrected chi connectivity index (χ3v) is 4.52. The molecule has 2 saturated carbocycles. The van der Waals surface area contributed by atoms with Gasteiger partial charge in [0.1, 0.15) is 0 Å². The number of rotatable bonds is 5. The van der Waals surface area contributed by atoms with Gasteiger partial charge in [-0.3, -0.25) is 4.79 Å². The Morgan fingerprint density at radius 2 is 1.94 bits per heavy atom. The number of nitrogens with two attached hydrogens (primary N) is 1. The van der Waals surface area contributed by atoms with Crippen molar-refractivity contribution in [1.82, 2.24) is 4.90 Å². The van der Waals surface area contributed by atoms with Crippen LogP contribution in [0.5, 0.6) is 0 Å². The first kappa shape index (κ1) is 12.8. The smallest absolute Gasteiger partial charge is 0.230 e. The third-order valence-electron chi connectivity index (χ3n) is 4.52. The molecule has 4 nitrogen and oxygen atoms in total. The van der Waals surface area contributed by atoms with Gasteiger partial charge in [-0.1, -0.05) is 19.3 Å². The highest BCUT2D eigenvalue weighted by atomic mass is 16.3. The normalized spacial score (nSPS) is 23.4. The summed E-state index contributed by atoms with van der Waals surface area (Å²) in [6.07, 6.45) is 7.55. The van der Waals surface area contributed by atoms with Gasteiger partial charge in [-0.2, -0.15) is 0 Å². The van der Waals surface area contributed by atoms with Crippen LogP contribution in [0.25, 0.3) is 0 Å². The minimum atomic E-state index is -0.294. The molecule has 3 N–H and O–H groups in total. The van der Waals surface area contributed by atoms with Crippen molar-refractivity contribution in [2.45, 2.75) is 51.0 Å². The number of hydrogen-bond donors (Lipinski definition) is 2. The van der Waals surface area contributed by atoms with Crippen molar-refractivity contribution in [2.75, 3.05) is 19.7 Å². The molecule has 2 fully saturated rings. The quantitative estimate of drug-likeness (QED) is 0.749. The van der Waals surface area contributed by atoms with Crippen molar-refractivity contribution < 1.29 is 9.90 Å². The van der Waals surface area contributed by atoms with Gasteiger partial charge in [0.25, 0.3) is 0 Å². The summed E-state index contributed by atoms with van der Waals surface area (Å²) in [7, 11) is 0. The molecule has 0 saturated heterocycles. The van der Waals surface area contributed by atoms with E-state index < -0.39 is 0 Å². The lowest BCUT2D eigenvalue weighted by Gasteiger charge is -2.44. The van der Waals surface area contributed by atoms with Gasteiger partial charge >= 0.3 is 0 Å². The predicted molar refractivity (Wildman–Crippen MR) is 66.4 cm³/mol. The van der Waals surface area contributed by atoms with E-state index in [1.54, 1.807) is 0 Å². The largest absolute Gasteiger partial charge is 0.395 e. The Bertz CT molecular complexity index is 265. The zero-order valence-corrected chi connectivity index (χ0v) is 10.5. The van der Waals surface area contributed by atoms with Crippen molar-refractivity contribution in [3.63, 3.8) is 0 Å². The number of aliphatic hydroxyl groups excluding tert-OH is 1. The molecule has 0 bridgehead atoms. The lowest BCUT2D eigenvalue weighted by atomic mass is 9.67. The molecule has 0 aromatic carbocycles. The second-order valence-electron chi connectivity index (χ2n) is 5.50. The lowest BCUT2D eigenvalue weighted by Crippen LogP contribution is -2.55. The van der Waals surface area contributed by atoms with E-state index in [-0.39, 0.29) is 17.9 Å². The number of carbonyl (C=O) groups excluding carboxylic acids is 1. The van der Waals surface area contributed by atoms with E-state index in [9.17, 15) is 4.79 Å². The van der Waals surface area contributed by atoms with Gasteiger partial charge in [-0.25, -0.2) is 0 Å². The lowest BCUT2D eigenvalue weighted by molar-refractivity contribution is -0.149. The summed E-state index contributed by atoms with van der Waals surface area (Å²) in [6, 6.07) is 0.346. The molecule has 0 heterocycles. The summed E-state index contributed by atoms with van der Waals surface area (Å²) in [5.41, 5.74) is 5.50. The number of aliphatic hydroxyl groups is 1. The van der Waals surface area contributed by atoms with Gasteiger partial charge in [0.05, 0.1) is 12.0 Å². The van der Waals surface area contributed by atoms with Crippen molar-refractivity contribution in [3.05, 3.63) is 0 Å². The van der Waals surface area contributed by atoms with Crippen LogP contribution < -0.4 is 5.73 Å². The van der Waals surface area contributed by atoms with Gasteiger partial charge in [-0.05, 0) is 25.7 Å². The number of hydrogen-bond acceptors (Lipinski definition) is 3. The monoisotopic (exact) mass is 240 g/mol. The molecule has 0 atom stereocenters. The molecule has 0 aliphatic heterocycles. The molecule has 1 amide bonds. The molecule has 2 aliphatic rings. The van der Waals surface area contributed by atoms with Crippen LogP contribution >= 0.6 is 0 Å². The van der Waals surface area contributed by atoms with Crippen LogP contribution in [0.3, 0.4) is 0 Å². The van der Waals surface area contributed by atoms with E-state index in [2.05, 4.69) is 0 Å². The summed E-state index contributed by atoms with van der Waals surface area (Å²) in [5, 5.41) is 9.15. The maximum atomic E-state index is 12.6. The topological polar surface area (TPSA) is 66.6 Å². The van der Waals surface area contributed by atoms with Crippen LogP contribution in [-0.2, 0) is 4.79 Å². The number of nitrogens with zero attached hydrogens (tertiary/aromatic N) is 1. The van der Waals surface area contributed by atoms with Crippen molar-refractivity contribution >= 4 is 5.91 Å². The maximum Gasteiger partial charge on any atom is 0.230 e. The zero-order valence-electron chi connectivity index (χ0n) is 10.5. The Hall–Kier alpha value is -0.610. The second-order valence-corrected chi connectivity index (χ2v) is 5.50. The maximum absolute atomic E-state index is 12.6. The Morgan fingerprint density at radius 1 is 1.29 bits per heavy atom. The first-order chi connectivity index (χ1) is 8.23. The highest BCUT2D eigenvalue weighted by molar-refractivity contribution is 5.84. The highest BCUT2D eigenvalue weighted by Gasteiger charge is 2.46. The van der Waals surface area contributed by atoms with Gasteiger partial charge in [0.2, 0.25) is 5.91 Å². The minimum Gasteiger partial charge on any atom is -0.395 e. The molecular formula is C13H24N2O2. The Kier molecular flexibility index (Phi) is 4.05. The molecule has 2 rings (SSSR count). The van der Waals surface area contributed by atoms with Crippen LogP contribution in [0.4, 0.5) is 0 Å². The molecular weight excluding hydrogens is 216 g/mol. The Labute approximate surface area is 103 Å². The number of amides is 1. The van der Waals surface area contributed by atoms with Gasteiger partial charge in [-0.15, -0.1) is 0 Å². The first-order valence-corrected chi connectivity index (χ1v) is 6.85. The fourth-order valence-corrected chi connectivity index (χ4v) is 3.19. The molecule has 0 spiro atoms. The zero-order chi connectivity index (χ0) is 12.3. The summed E-state index contributed by atoms with van der Waals surface area (Å²) in [4.78, 5) is 14.5. The van der Waals surface area contributed by atoms with Crippen LogP contribution in [-0.4, -0.2) is 41.7 Å². The van der Waals surface area contributed by atoms with E-state index in [4.69, 9.17) is 10.8 Å². The summed E-state index contributed by atoms with van der Waals surface area (Å²) < 4.78 is 0. The SMILES string of the molecule is NCC1(C(=O)N(CCO)C2CCCC2)CCC1. The van der Waals surface area contributed by atoms with Crippen molar-refractivity contribution in [3.8, 4) is 0 Å². The Morgan fingerprint density at radius 3 is 2.35 bits per heavy atom. The second kappa shape index (κ2) is 5.36. The van der Waals surface area contributed by atoms with E-state index in [1.165, 1.54) is 12.8 Å². The molecule has 98 valence electrons. The summed E-state index contributed by atoms with van der Waals surface area (Å²) in [6.45, 7) is 0.995. The Balaban J connectivity index is 2.06. The van der Waals surface area contributed by atoms with E-state index >= 15 is 0 Å².